The highest BCUT2D eigenvalue weighted by molar-refractivity contribution is 5.95. The van der Waals surface area contributed by atoms with E-state index in [4.69, 9.17) is 4.42 Å². The fourth-order valence-electron chi connectivity index (χ4n) is 3.41. The summed E-state index contributed by atoms with van der Waals surface area (Å²) in [5.41, 5.74) is 0.610. The van der Waals surface area contributed by atoms with Crippen LogP contribution in [0.5, 0.6) is 5.75 Å². The number of carbonyl (C=O) groups excluding carboxylic acids is 1. The first-order valence-corrected chi connectivity index (χ1v) is 9.03. The average molecular weight is 406 g/mol. The molecule has 152 valence electrons. The van der Waals surface area contributed by atoms with Gasteiger partial charge in [-0.2, -0.15) is 13.8 Å². The maximum absolute atomic E-state index is 13.3. The first kappa shape index (κ1) is 19.0. The van der Waals surface area contributed by atoms with E-state index < -0.39 is 18.3 Å². The molecule has 2 heterocycles. The number of fused-ring (bicyclic) bond motifs is 1. The van der Waals surface area contributed by atoms with Gasteiger partial charge in [0.05, 0.1) is 6.04 Å². The van der Waals surface area contributed by atoms with Gasteiger partial charge in [0.2, 0.25) is 0 Å². The molecular formula is C19H17F3N4O3. The first-order chi connectivity index (χ1) is 14.0. The van der Waals surface area contributed by atoms with Crippen LogP contribution in [0, 0.1) is 5.82 Å². The molecule has 0 radical (unpaired) electrons. The molecule has 2 aromatic heterocycles. The molecule has 0 saturated heterocycles. The van der Waals surface area contributed by atoms with Gasteiger partial charge in [0.25, 0.3) is 11.9 Å². The Balaban J connectivity index is 1.46. The summed E-state index contributed by atoms with van der Waals surface area (Å²) in [7, 11) is 0. The molecule has 0 unspecified atom stereocenters. The van der Waals surface area contributed by atoms with Crippen LogP contribution in [-0.2, 0) is 0 Å². The van der Waals surface area contributed by atoms with E-state index in [9.17, 15) is 18.0 Å². The topological polar surface area (TPSA) is 89.3 Å². The van der Waals surface area contributed by atoms with Crippen molar-refractivity contribution in [3.63, 3.8) is 0 Å². The summed E-state index contributed by atoms with van der Waals surface area (Å²) >= 11 is 0. The van der Waals surface area contributed by atoms with E-state index in [0.717, 1.165) is 12.8 Å². The van der Waals surface area contributed by atoms with Gasteiger partial charge in [-0.05, 0) is 43.5 Å². The third-order valence-corrected chi connectivity index (χ3v) is 4.69. The van der Waals surface area contributed by atoms with Gasteiger partial charge in [-0.25, -0.2) is 9.37 Å². The Morgan fingerprint density at radius 3 is 2.90 bits per heavy atom. The number of anilines is 1. The van der Waals surface area contributed by atoms with Crippen LogP contribution < -0.4 is 15.4 Å². The summed E-state index contributed by atoms with van der Waals surface area (Å²) in [6.07, 6.45) is 3.58. The Morgan fingerprint density at radius 2 is 2.07 bits per heavy atom. The molecule has 1 aliphatic rings. The Morgan fingerprint density at radius 1 is 1.24 bits per heavy atom. The molecule has 0 bridgehead atoms. The standard InChI is InChI=1S/C19H17F3N4O3/c20-10-6-7-13-15(9-10)29-19(26-13)25-12-4-1-3-11(12)24-17(27)16-14(28-18(21)22)5-2-8-23-16/h2,5-9,11-12,18H,1,3-4H2,(H,24,27)(H,25,26)/t11-,12-/m0/s1. The summed E-state index contributed by atoms with van der Waals surface area (Å²) in [5.74, 6) is -1.33. The third-order valence-electron chi connectivity index (χ3n) is 4.69. The van der Waals surface area contributed by atoms with Crippen LogP contribution in [0.3, 0.4) is 0 Å². The van der Waals surface area contributed by atoms with E-state index in [-0.39, 0.29) is 29.5 Å². The number of amides is 1. The zero-order valence-corrected chi connectivity index (χ0v) is 15.1. The zero-order chi connectivity index (χ0) is 20.4. The van der Waals surface area contributed by atoms with Gasteiger partial charge < -0.3 is 19.8 Å². The molecule has 1 aliphatic carbocycles. The molecule has 1 amide bonds. The fraction of sp³-hybridized carbons (Fsp3) is 0.316. The zero-order valence-electron chi connectivity index (χ0n) is 15.1. The lowest BCUT2D eigenvalue weighted by Crippen LogP contribution is -2.43. The summed E-state index contributed by atoms with van der Waals surface area (Å²) < 4.78 is 48.3. The first-order valence-electron chi connectivity index (χ1n) is 9.03. The number of nitrogens with zero attached hydrogens (tertiary/aromatic N) is 2. The van der Waals surface area contributed by atoms with Gasteiger partial charge in [-0.15, -0.1) is 0 Å². The Kier molecular flexibility index (Phi) is 5.24. The molecule has 0 spiro atoms. The van der Waals surface area contributed by atoms with Gasteiger partial charge >= 0.3 is 6.61 Å². The van der Waals surface area contributed by atoms with Gasteiger partial charge in [-0.3, -0.25) is 4.79 Å². The minimum atomic E-state index is -3.06. The predicted octanol–water partition coefficient (Wildman–Crippen LogP) is 3.73. The van der Waals surface area contributed by atoms with Crippen molar-refractivity contribution in [3.8, 4) is 5.75 Å². The summed E-state index contributed by atoms with van der Waals surface area (Å²) in [4.78, 5) is 20.7. The number of rotatable bonds is 6. The second-order valence-electron chi connectivity index (χ2n) is 6.62. The number of benzene rings is 1. The number of oxazole rings is 1. The Bertz CT molecular complexity index is 1030. The maximum Gasteiger partial charge on any atom is 0.387 e. The lowest BCUT2D eigenvalue weighted by molar-refractivity contribution is -0.0504. The van der Waals surface area contributed by atoms with E-state index in [2.05, 4.69) is 25.3 Å². The van der Waals surface area contributed by atoms with Gasteiger partial charge in [-0.1, -0.05) is 0 Å². The SMILES string of the molecule is O=C(N[C@H]1CCC[C@@H]1Nc1nc2ccc(F)cc2o1)c1ncccc1OC(F)F. The van der Waals surface area contributed by atoms with Crippen molar-refractivity contribution in [2.24, 2.45) is 0 Å². The summed E-state index contributed by atoms with van der Waals surface area (Å²) in [6.45, 7) is -3.06. The number of carbonyl (C=O) groups is 1. The number of alkyl halides is 2. The summed E-state index contributed by atoms with van der Waals surface area (Å²) in [5, 5.41) is 5.92. The number of pyridine rings is 1. The van der Waals surface area contributed by atoms with E-state index in [1.54, 1.807) is 0 Å². The molecule has 1 fully saturated rings. The Labute approximate surface area is 163 Å². The number of aromatic nitrogens is 2. The lowest BCUT2D eigenvalue weighted by atomic mass is 10.1. The van der Waals surface area contributed by atoms with Crippen molar-refractivity contribution < 1.29 is 27.1 Å². The van der Waals surface area contributed by atoms with Crippen LogP contribution in [0.1, 0.15) is 29.8 Å². The molecule has 10 heteroatoms. The normalized spacial score (nSPS) is 18.9. The van der Waals surface area contributed by atoms with E-state index in [0.29, 0.717) is 17.5 Å². The average Bonchev–Trinajstić information content (AvgIpc) is 3.27. The number of ether oxygens (including phenoxy) is 1. The van der Waals surface area contributed by atoms with Crippen LogP contribution >= 0.6 is 0 Å². The smallest absolute Gasteiger partial charge is 0.387 e. The molecule has 2 N–H and O–H groups in total. The number of hydrogen-bond acceptors (Lipinski definition) is 6. The highest BCUT2D eigenvalue weighted by Crippen LogP contribution is 2.26. The van der Waals surface area contributed by atoms with Crippen LogP contribution in [0.4, 0.5) is 19.2 Å². The van der Waals surface area contributed by atoms with Crippen molar-refractivity contribution in [1.82, 2.24) is 15.3 Å². The monoisotopic (exact) mass is 406 g/mol. The van der Waals surface area contributed by atoms with Crippen molar-refractivity contribution in [2.75, 3.05) is 5.32 Å². The molecule has 29 heavy (non-hydrogen) atoms. The molecule has 4 rings (SSSR count). The van der Waals surface area contributed by atoms with Crippen molar-refractivity contribution in [2.45, 2.75) is 38.0 Å². The van der Waals surface area contributed by atoms with E-state index in [1.807, 2.05) is 0 Å². The lowest BCUT2D eigenvalue weighted by Gasteiger charge is -2.21. The third kappa shape index (κ3) is 4.25. The van der Waals surface area contributed by atoms with E-state index >= 15 is 0 Å². The van der Waals surface area contributed by atoms with Crippen LogP contribution in [0.25, 0.3) is 11.1 Å². The number of halogens is 3. The van der Waals surface area contributed by atoms with Gasteiger partial charge in [0, 0.05) is 18.3 Å². The predicted molar refractivity (Wildman–Crippen MR) is 97.4 cm³/mol. The molecule has 0 aliphatic heterocycles. The van der Waals surface area contributed by atoms with Crippen molar-refractivity contribution >= 4 is 23.0 Å². The number of hydrogen-bond donors (Lipinski definition) is 2. The van der Waals surface area contributed by atoms with Gasteiger partial charge in [0.15, 0.2) is 17.0 Å². The van der Waals surface area contributed by atoms with Crippen LogP contribution in [-0.4, -0.2) is 34.6 Å². The van der Waals surface area contributed by atoms with Crippen LogP contribution in [0.2, 0.25) is 0 Å². The maximum atomic E-state index is 13.3. The fourth-order valence-corrected chi connectivity index (χ4v) is 3.41. The van der Waals surface area contributed by atoms with Crippen molar-refractivity contribution in [1.29, 1.82) is 0 Å². The van der Waals surface area contributed by atoms with Gasteiger partial charge in [0.1, 0.15) is 11.3 Å². The molecule has 3 aromatic rings. The molecule has 1 saturated carbocycles. The van der Waals surface area contributed by atoms with Crippen molar-refractivity contribution in [3.05, 3.63) is 48.0 Å². The largest absolute Gasteiger partial charge is 0.432 e. The molecule has 2 atom stereocenters. The second-order valence-corrected chi connectivity index (χ2v) is 6.62. The highest BCUT2D eigenvalue weighted by atomic mass is 19.3. The minimum Gasteiger partial charge on any atom is -0.432 e. The quantitative estimate of drug-likeness (QED) is 0.649. The second kappa shape index (κ2) is 7.98. The highest BCUT2D eigenvalue weighted by Gasteiger charge is 2.31. The molecule has 1 aromatic carbocycles. The molecule has 7 nitrogen and oxygen atoms in total. The Hall–Kier alpha value is -3.30. The summed E-state index contributed by atoms with van der Waals surface area (Å²) in [6, 6.07) is 6.44. The number of nitrogens with one attached hydrogen (secondary N) is 2. The van der Waals surface area contributed by atoms with E-state index in [1.165, 1.54) is 36.5 Å². The van der Waals surface area contributed by atoms with Crippen LogP contribution in [0.15, 0.2) is 40.9 Å². The minimum absolute atomic E-state index is 0.194. The molecular weight excluding hydrogens is 389 g/mol.